The summed E-state index contributed by atoms with van der Waals surface area (Å²) >= 11 is 0. The molecule has 1 atom stereocenters. The molecule has 0 heterocycles. The van der Waals surface area contributed by atoms with Crippen molar-refractivity contribution in [2.75, 3.05) is 13.6 Å². The number of carbonyl (C=O) groups excluding carboxylic acids is 1. The first-order valence-corrected chi connectivity index (χ1v) is 6.01. The Bertz CT molecular complexity index is 520. The Morgan fingerprint density at radius 1 is 1.50 bits per heavy atom. The van der Waals surface area contributed by atoms with Crippen molar-refractivity contribution in [1.82, 2.24) is 4.90 Å². The largest absolute Gasteiger partial charge is 0.409 e. The van der Waals surface area contributed by atoms with E-state index in [-0.39, 0.29) is 36.2 Å². The normalized spacial score (nSPS) is 13.1. The minimum absolute atomic E-state index is 0.00147. The average Bonchev–Trinajstić information content (AvgIpc) is 2.42. The van der Waals surface area contributed by atoms with Crippen molar-refractivity contribution in [2.24, 2.45) is 16.8 Å². The number of oxime groups is 1. The fraction of sp³-hybridized carbons (Fsp3) is 0.385. The summed E-state index contributed by atoms with van der Waals surface area (Å²) in [6.07, 6.45) is -0.247. The lowest BCUT2D eigenvalue weighted by molar-refractivity contribution is -0.129. The minimum Gasteiger partial charge on any atom is -0.409 e. The highest BCUT2D eigenvalue weighted by atomic mass is 19.2. The van der Waals surface area contributed by atoms with Crippen LogP contribution in [0.15, 0.2) is 23.4 Å². The van der Waals surface area contributed by atoms with Gasteiger partial charge in [0.25, 0.3) is 0 Å². The standard InChI is InChI=1S/C13H17F2N3O2/c1-8(13(16)17-20)7-18(2)11(19)6-9-4-3-5-10(14)12(9)15/h3-5,8,20H,6-7H2,1-2H3,(H2,16,17). The molecule has 0 bridgehead atoms. The Kier molecular flexibility index (Phi) is 5.42. The molecular formula is C13H17F2N3O2. The highest BCUT2D eigenvalue weighted by molar-refractivity contribution is 5.83. The van der Waals surface area contributed by atoms with Gasteiger partial charge in [0.15, 0.2) is 11.6 Å². The maximum atomic E-state index is 13.5. The van der Waals surface area contributed by atoms with E-state index in [1.54, 1.807) is 6.92 Å². The molecule has 0 aromatic heterocycles. The second-order valence-electron chi connectivity index (χ2n) is 4.59. The first kappa shape index (κ1) is 15.9. The summed E-state index contributed by atoms with van der Waals surface area (Å²) in [5, 5.41) is 11.4. The Morgan fingerprint density at radius 3 is 2.75 bits per heavy atom. The van der Waals surface area contributed by atoms with Crippen LogP contribution in [0.25, 0.3) is 0 Å². The first-order valence-electron chi connectivity index (χ1n) is 6.01. The summed E-state index contributed by atoms with van der Waals surface area (Å²) in [7, 11) is 1.51. The third-order valence-electron chi connectivity index (χ3n) is 2.97. The van der Waals surface area contributed by atoms with Crippen LogP contribution in [-0.4, -0.2) is 35.4 Å². The molecule has 0 aliphatic heterocycles. The zero-order valence-corrected chi connectivity index (χ0v) is 11.3. The fourth-order valence-corrected chi connectivity index (χ4v) is 1.69. The molecule has 1 aromatic rings. The molecule has 0 aliphatic carbocycles. The molecule has 7 heteroatoms. The van der Waals surface area contributed by atoms with Crippen LogP contribution >= 0.6 is 0 Å². The van der Waals surface area contributed by atoms with Crippen molar-refractivity contribution in [3.05, 3.63) is 35.4 Å². The number of nitrogens with zero attached hydrogens (tertiary/aromatic N) is 2. The van der Waals surface area contributed by atoms with Crippen molar-refractivity contribution < 1.29 is 18.8 Å². The summed E-state index contributed by atoms with van der Waals surface area (Å²) in [4.78, 5) is 13.2. The van der Waals surface area contributed by atoms with Crippen LogP contribution in [0.1, 0.15) is 12.5 Å². The van der Waals surface area contributed by atoms with Crippen LogP contribution in [-0.2, 0) is 11.2 Å². The summed E-state index contributed by atoms with van der Waals surface area (Å²) < 4.78 is 26.5. The van der Waals surface area contributed by atoms with Crippen LogP contribution in [0.2, 0.25) is 0 Å². The minimum atomic E-state index is -1.02. The summed E-state index contributed by atoms with van der Waals surface area (Å²) in [5.41, 5.74) is 5.41. The molecule has 110 valence electrons. The highest BCUT2D eigenvalue weighted by Gasteiger charge is 2.18. The quantitative estimate of drug-likeness (QED) is 0.371. The van der Waals surface area contributed by atoms with Gasteiger partial charge in [-0.25, -0.2) is 8.78 Å². The van der Waals surface area contributed by atoms with E-state index < -0.39 is 11.6 Å². The van der Waals surface area contributed by atoms with Gasteiger partial charge in [-0.1, -0.05) is 24.2 Å². The van der Waals surface area contributed by atoms with E-state index in [0.29, 0.717) is 0 Å². The number of likely N-dealkylation sites (N-methyl/N-ethyl adjacent to an activating group) is 1. The molecule has 0 saturated heterocycles. The number of benzene rings is 1. The lowest BCUT2D eigenvalue weighted by Crippen LogP contribution is -2.37. The van der Waals surface area contributed by atoms with Crippen molar-refractivity contribution in [1.29, 1.82) is 0 Å². The van der Waals surface area contributed by atoms with Crippen molar-refractivity contribution >= 4 is 11.7 Å². The number of nitrogens with two attached hydrogens (primary N) is 1. The molecule has 1 aromatic carbocycles. The van der Waals surface area contributed by atoms with E-state index >= 15 is 0 Å². The van der Waals surface area contributed by atoms with Gasteiger partial charge in [0.2, 0.25) is 5.91 Å². The topological polar surface area (TPSA) is 78.9 Å². The van der Waals surface area contributed by atoms with Crippen molar-refractivity contribution in [2.45, 2.75) is 13.3 Å². The van der Waals surface area contributed by atoms with E-state index in [9.17, 15) is 13.6 Å². The van der Waals surface area contributed by atoms with Crippen molar-refractivity contribution in [3.8, 4) is 0 Å². The summed E-state index contributed by atoms with van der Waals surface area (Å²) in [6, 6.07) is 3.70. The Morgan fingerprint density at radius 2 is 2.15 bits per heavy atom. The zero-order valence-electron chi connectivity index (χ0n) is 11.3. The monoisotopic (exact) mass is 285 g/mol. The van der Waals surface area contributed by atoms with Gasteiger partial charge in [0.05, 0.1) is 6.42 Å². The fourth-order valence-electron chi connectivity index (χ4n) is 1.69. The Labute approximate surface area is 115 Å². The summed E-state index contributed by atoms with van der Waals surface area (Å²) in [5.74, 6) is -2.72. The molecule has 1 amide bonds. The second-order valence-corrected chi connectivity index (χ2v) is 4.59. The number of amidine groups is 1. The predicted molar refractivity (Wildman–Crippen MR) is 70.3 cm³/mol. The first-order chi connectivity index (χ1) is 9.36. The third kappa shape index (κ3) is 3.91. The number of halogens is 2. The van der Waals surface area contributed by atoms with E-state index in [2.05, 4.69) is 5.16 Å². The van der Waals surface area contributed by atoms with Gasteiger partial charge >= 0.3 is 0 Å². The van der Waals surface area contributed by atoms with Crippen LogP contribution in [0.3, 0.4) is 0 Å². The highest BCUT2D eigenvalue weighted by Crippen LogP contribution is 2.13. The van der Waals surface area contributed by atoms with Crippen LogP contribution in [0, 0.1) is 17.6 Å². The zero-order chi connectivity index (χ0) is 15.3. The number of rotatable bonds is 5. The second kappa shape index (κ2) is 6.83. The average molecular weight is 285 g/mol. The number of hydrogen-bond donors (Lipinski definition) is 2. The predicted octanol–water partition coefficient (Wildman–Crippen LogP) is 1.35. The number of hydrogen-bond acceptors (Lipinski definition) is 3. The molecule has 0 fully saturated rings. The van der Waals surface area contributed by atoms with Crippen molar-refractivity contribution in [3.63, 3.8) is 0 Å². The third-order valence-corrected chi connectivity index (χ3v) is 2.97. The van der Waals surface area contributed by atoms with Crippen LogP contribution in [0.4, 0.5) is 8.78 Å². The Hall–Kier alpha value is -2.18. The Balaban J connectivity index is 2.69. The van der Waals surface area contributed by atoms with Crippen LogP contribution in [0.5, 0.6) is 0 Å². The molecule has 1 unspecified atom stereocenters. The molecule has 0 saturated carbocycles. The lowest BCUT2D eigenvalue weighted by Gasteiger charge is -2.21. The van der Waals surface area contributed by atoms with Gasteiger partial charge in [-0.3, -0.25) is 4.79 Å². The molecule has 20 heavy (non-hydrogen) atoms. The molecule has 1 rings (SSSR count). The SMILES string of the molecule is CC(CN(C)C(=O)Cc1cccc(F)c1F)/C(N)=N/O. The molecular weight excluding hydrogens is 268 g/mol. The number of amides is 1. The lowest BCUT2D eigenvalue weighted by atomic mass is 10.1. The van der Waals surface area contributed by atoms with E-state index in [1.165, 1.54) is 24.1 Å². The van der Waals surface area contributed by atoms with Gasteiger partial charge in [-0.15, -0.1) is 0 Å². The van der Waals surface area contributed by atoms with E-state index in [1.807, 2.05) is 0 Å². The van der Waals surface area contributed by atoms with Gasteiger partial charge in [-0.2, -0.15) is 0 Å². The molecule has 0 radical (unpaired) electrons. The van der Waals surface area contributed by atoms with Crippen LogP contribution < -0.4 is 5.73 Å². The van der Waals surface area contributed by atoms with E-state index in [0.717, 1.165) is 6.07 Å². The van der Waals surface area contributed by atoms with Gasteiger partial charge in [-0.05, 0) is 6.07 Å². The van der Waals surface area contributed by atoms with Gasteiger partial charge in [0.1, 0.15) is 5.84 Å². The molecule has 0 aliphatic rings. The van der Waals surface area contributed by atoms with Gasteiger partial charge < -0.3 is 15.8 Å². The maximum absolute atomic E-state index is 13.5. The maximum Gasteiger partial charge on any atom is 0.226 e. The number of carbonyl (C=O) groups is 1. The molecule has 3 N–H and O–H groups in total. The van der Waals surface area contributed by atoms with E-state index in [4.69, 9.17) is 10.9 Å². The molecule has 5 nitrogen and oxygen atoms in total. The van der Waals surface area contributed by atoms with Gasteiger partial charge in [0, 0.05) is 25.1 Å². The summed E-state index contributed by atoms with van der Waals surface area (Å²) in [6.45, 7) is 1.90. The molecule has 0 spiro atoms. The smallest absolute Gasteiger partial charge is 0.226 e.